The maximum Gasteiger partial charge on any atom is 0.261 e. The van der Waals surface area contributed by atoms with Gasteiger partial charge in [-0.05, 0) is 79.4 Å². The summed E-state index contributed by atoms with van der Waals surface area (Å²) in [5.41, 5.74) is 4.44. The van der Waals surface area contributed by atoms with Gasteiger partial charge in [0.2, 0.25) is 0 Å². The van der Waals surface area contributed by atoms with Crippen LogP contribution in [0.4, 0.5) is 5.69 Å². The monoisotopic (exact) mass is 436 g/mol. The summed E-state index contributed by atoms with van der Waals surface area (Å²) in [5.74, 6) is 0.421. The molecule has 7 heteroatoms. The van der Waals surface area contributed by atoms with Gasteiger partial charge in [0.05, 0.1) is 18.0 Å². The van der Waals surface area contributed by atoms with Gasteiger partial charge in [0.25, 0.3) is 15.9 Å². The summed E-state index contributed by atoms with van der Waals surface area (Å²) in [6, 6.07) is 18.8. The third kappa shape index (κ3) is 4.56. The number of anilines is 1. The van der Waals surface area contributed by atoms with Crippen LogP contribution in [0.5, 0.6) is 5.75 Å². The fourth-order valence-electron chi connectivity index (χ4n) is 3.77. The van der Waals surface area contributed by atoms with Crippen molar-refractivity contribution in [2.45, 2.75) is 30.7 Å². The predicted octanol–water partition coefficient (Wildman–Crippen LogP) is 4.22. The van der Waals surface area contributed by atoms with Crippen molar-refractivity contribution < 1.29 is 17.9 Å². The Balaban J connectivity index is 1.45. The quantitative estimate of drug-likeness (QED) is 0.606. The smallest absolute Gasteiger partial charge is 0.261 e. The number of amides is 1. The number of carbonyl (C=O) groups excluding carboxylic acids is 1. The van der Waals surface area contributed by atoms with Gasteiger partial charge in [0.1, 0.15) is 5.75 Å². The zero-order valence-corrected chi connectivity index (χ0v) is 18.2. The number of fused-ring (bicyclic) bond motifs is 1. The van der Waals surface area contributed by atoms with Crippen LogP contribution >= 0.6 is 0 Å². The Kier molecular flexibility index (Phi) is 5.69. The molecule has 3 aromatic rings. The van der Waals surface area contributed by atoms with Crippen LogP contribution in [0, 0.1) is 6.92 Å². The first-order valence-electron chi connectivity index (χ1n) is 10.0. The molecule has 0 spiro atoms. The molecule has 2 N–H and O–H groups in total. The van der Waals surface area contributed by atoms with Crippen LogP contribution in [-0.4, -0.2) is 21.4 Å². The first kappa shape index (κ1) is 20.9. The number of sulfonamides is 1. The lowest BCUT2D eigenvalue weighted by molar-refractivity contribution is 0.0936. The summed E-state index contributed by atoms with van der Waals surface area (Å²) in [4.78, 5) is 12.8. The van der Waals surface area contributed by atoms with Crippen molar-refractivity contribution in [1.82, 2.24) is 5.32 Å². The minimum Gasteiger partial charge on any atom is -0.497 e. The number of benzene rings is 3. The highest BCUT2D eigenvalue weighted by atomic mass is 32.2. The van der Waals surface area contributed by atoms with E-state index in [9.17, 15) is 13.2 Å². The highest BCUT2D eigenvalue weighted by Crippen LogP contribution is 2.32. The molecule has 0 aliphatic heterocycles. The van der Waals surface area contributed by atoms with E-state index in [1.54, 1.807) is 31.4 Å². The van der Waals surface area contributed by atoms with E-state index in [0.29, 0.717) is 17.0 Å². The molecular weight excluding hydrogens is 412 g/mol. The van der Waals surface area contributed by atoms with Gasteiger partial charge in [-0.3, -0.25) is 9.52 Å². The standard InChI is InChI=1S/C24H24N2O4S/c1-16-3-4-17-7-14-23(22(17)15-16)25-24(27)18-5-12-21(13-6-18)31(28,29)26-19-8-10-20(30-2)11-9-19/h3-6,8-13,15,23,26H,7,14H2,1-2H3,(H,25,27). The van der Waals surface area contributed by atoms with E-state index in [2.05, 4.69) is 28.2 Å². The van der Waals surface area contributed by atoms with Crippen LogP contribution in [-0.2, 0) is 16.4 Å². The third-order valence-electron chi connectivity index (χ3n) is 5.45. The molecule has 0 saturated heterocycles. The molecule has 3 aromatic carbocycles. The predicted molar refractivity (Wildman–Crippen MR) is 120 cm³/mol. The molecule has 1 aliphatic rings. The molecule has 6 nitrogen and oxygen atoms in total. The molecule has 0 radical (unpaired) electrons. The molecule has 0 heterocycles. The van der Waals surface area contributed by atoms with E-state index in [-0.39, 0.29) is 16.8 Å². The van der Waals surface area contributed by atoms with Crippen LogP contribution < -0.4 is 14.8 Å². The molecule has 1 amide bonds. The normalized spacial score (nSPS) is 15.2. The third-order valence-corrected chi connectivity index (χ3v) is 6.85. The van der Waals surface area contributed by atoms with Crippen LogP contribution in [0.2, 0.25) is 0 Å². The lowest BCUT2D eigenvalue weighted by atomic mass is 10.0. The number of hydrogen-bond acceptors (Lipinski definition) is 4. The zero-order valence-electron chi connectivity index (χ0n) is 17.4. The molecular formula is C24H24N2O4S. The number of nitrogens with one attached hydrogen (secondary N) is 2. The van der Waals surface area contributed by atoms with Crippen molar-refractivity contribution in [3.63, 3.8) is 0 Å². The summed E-state index contributed by atoms with van der Waals surface area (Å²) >= 11 is 0. The lowest BCUT2D eigenvalue weighted by Gasteiger charge is -2.15. The van der Waals surface area contributed by atoms with Gasteiger partial charge in [0, 0.05) is 11.3 Å². The SMILES string of the molecule is COc1ccc(NS(=O)(=O)c2ccc(C(=O)NC3CCc4ccc(C)cc43)cc2)cc1. The number of carbonyl (C=O) groups is 1. The van der Waals surface area contributed by atoms with E-state index in [1.165, 1.54) is 35.4 Å². The van der Waals surface area contributed by atoms with E-state index in [4.69, 9.17) is 4.74 Å². The van der Waals surface area contributed by atoms with Crippen LogP contribution in [0.3, 0.4) is 0 Å². The topological polar surface area (TPSA) is 84.5 Å². The lowest BCUT2D eigenvalue weighted by Crippen LogP contribution is -2.27. The van der Waals surface area contributed by atoms with Crippen molar-refractivity contribution in [3.8, 4) is 5.75 Å². The van der Waals surface area contributed by atoms with Crippen LogP contribution in [0.25, 0.3) is 0 Å². The fourth-order valence-corrected chi connectivity index (χ4v) is 4.83. The second-order valence-electron chi connectivity index (χ2n) is 7.63. The molecule has 4 rings (SSSR count). The van der Waals surface area contributed by atoms with Gasteiger partial charge in [-0.1, -0.05) is 23.8 Å². The Hall–Kier alpha value is -3.32. The van der Waals surface area contributed by atoms with Gasteiger partial charge in [-0.25, -0.2) is 8.42 Å². The maximum absolute atomic E-state index is 12.7. The summed E-state index contributed by atoms with van der Waals surface area (Å²) < 4.78 is 32.9. The Morgan fingerprint density at radius 1 is 1.00 bits per heavy atom. The largest absolute Gasteiger partial charge is 0.497 e. The van der Waals surface area contributed by atoms with Crippen molar-refractivity contribution in [3.05, 3.63) is 89.0 Å². The Morgan fingerprint density at radius 3 is 2.39 bits per heavy atom. The fraction of sp³-hybridized carbons (Fsp3) is 0.208. The van der Waals surface area contributed by atoms with Gasteiger partial charge < -0.3 is 10.1 Å². The second-order valence-corrected chi connectivity index (χ2v) is 9.31. The highest BCUT2D eigenvalue weighted by molar-refractivity contribution is 7.92. The Morgan fingerprint density at radius 2 is 1.71 bits per heavy atom. The molecule has 160 valence electrons. The van der Waals surface area contributed by atoms with Crippen LogP contribution in [0.1, 0.15) is 39.5 Å². The number of methoxy groups -OCH3 is 1. The van der Waals surface area contributed by atoms with Crippen molar-refractivity contribution in [2.75, 3.05) is 11.8 Å². The number of rotatable bonds is 6. The molecule has 0 bridgehead atoms. The van der Waals surface area contributed by atoms with E-state index >= 15 is 0 Å². The first-order valence-corrected chi connectivity index (χ1v) is 11.5. The van der Waals surface area contributed by atoms with E-state index in [0.717, 1.165) is 18.4 Å². The average Bonchev–Trinajstić information content (AvgIpc) is 3.16. The highest BCUT2D eigenvalue weighted by Gasteiger charge is 2.24. The van der Waals surface area contributed by atoms with Crippen LogP contribution in [0.15, 0.2) is 71.6 Å². The van der Waals surface area contributed by atoms with Crippen molar-refractivity contribution >= 4 is 21.6 Å². The van der Waals surface area contributed by atoms with Crippen molar-refractivity contribution in [1.29, 1.82) is 0 Å². The minimum absolute atomic E-state index is 0.0254. The van der Waals surface area contributed by atoms with E-state index < -0.39 is 10.0 Å². The molecule has 0 fully saturated rings. The maximum atomic E-state index is 12.7. The molecule has 1 aliphatic carbocycles. The van der Waals surface area contributed by atoms with Gasteiger partial charge in [-0.15, -0.1) is 0 Å². The first-order chi connectivity index (χ1) is 14.9. The number of aryl methyl sites for hydroxylation is 2. The van der Waals surface area contributed by atoms with E-state index in [1.807, 2.05) is 6.92 Å². The minimum atomic E-state index is -3.77. The summed E-state index contributed by atoms with van der Waals surface area (Å²) in [7, 11) is -2.22. The zero-order chi connectivity index (χ0) is 22.0. The molecule has 1 unspecified atom stereocenters. The number of hydrogen-bond donors (Lipinski definition) is 2. The molecule has 0 saturated carbocycles. The van der Waals surface area contributed by atoms with Gasteiger partial charge in [0.15, 0.2) is 0 Å². The molecule has 0 aromatic heterocycles. The summed E-state index contributed by atoms with van der Waals surface area (Å²) in [5, 5.41) is 3.07. The van der Waals surface area contributed by atoms with Crippen molar-refractivity contribution in [2.24, 2.45) is 0 Å². The average molecular weight is 437 g/mol. The van der Waals surface area contributed by atoms with Gasteiger partial charge >= 0.3 is 0 Å². The summed E-state index contributed by atoms with van der Waals surface area (Å²) in [6.45, 7) is 2.04. The molecule has 31 heavy (non-hydrogen) atoms. The second kappa shape index (κ2) is 8.43. The number of ether oxygens (including phenoxy) is 1. The Labute approximate surface area is 182 Å². The molecule has 1 atom stereocenters. The Bertz CT molecular complexity index is 1200. The summed E-state index contributed by atoms with van der Waals surface area (Å²) in [6.07, 6.45) is 1.80. The van der Waals surface area contributed by atoms with Gasteiger partial charge in [-0.2, -0.15) is 0 Å².